The van der Waals surface area contributed by atoms with Crippen molar-refractivity contribution in [1.29, 1.82) is 5.26 Å². The SMILES string of the molecule is C=CC(=O)N1CCN(c2c(C#N)c(=O)n(C3=C(C)C=CN(C)C3C(C)C)c3nc(-c4c(F)c(O)c(Cl)c(F)c4F)c(Cl)cc23)CC1. The van der Waals surface area contributed by atoms with Crippen molar-refractivity contribution in [3.05, 3.63) is 80.0 Å². The Bertz CT molecular complexity index is 1950. The molecule has 1 atom stereocenters. The van der Waals surface area contributed by atoms with Gasteiger partial charge >= 0.3 is 0 Å². The van der Waals surface area contributed by atoms with Crippen molar-refractivity contribution < 1.29 is 23.1 Å². The molecule has 46 heavy (non-hydrogen) atoms. The van der Waals surface area contributed by atoms with Gasteiger partial charge in [-0.3, -0.25) is 14.2 Å². The summed E-state index contributed by atoms with van der Waals surface area (Å²) in [6, 6.07) is 2.94. The minimum absolute atomic E-state index is 0.0634. The van der Waals surface area contributed by atoms with E-state index in [2.05, 4.69) is 11.6 Å². The number of amides is 1. The maximum Gasteiger partial charge on any atom is 0.276 e. The molecule has 240 valence electrons. The van der Waals surface area contributed by atoms with Gasteiger partial charge in [-0.05, 0) is 42.8 Å². The number of carbonyl (C=O) groups excluding carboxylic acids is 1. The van der Waals surface area contributed by atoms with Crippen LogP contribution in [0.25, 0.3) is 28.0 Å². The molecule has 14 heteroatoms. The number of phenolic OH excluding ortho intramolecular Hbond substituents is 1. The Kier molecular flexibility index (Phi) is 8.86. The molecule has 1 fully saturated rings. The second kappa shape index (κ2) is 12.4. The number of hydrogen-bond donors (Lipinski definition) is 1. The van der Waals surface area contributed by atoms with Gasteiger partial charge in [0, 0.05) is 38.6 Å². The molecule has 1 amide bonds. The van der Waals surface area contributed by atoms with Crippen LogP contribution in [-0.2, 0) is 4.79 Å². The average Bonchev–Trinajstić information content (AvgIpc) is 3.03. The van der Waals surface area contributed by atoms with E-state index in [1.165, 1.54) is 16.7 Å². The third-order valence-electron chi connectivity index (χ3n) is 8.30. The van der Waals surface area contributed by atoms with E-state index >= 15 is 8.78 Å². The molecule has 1 N–H and O–H groups in total. The molecule has 1 saturated heterocycles. The van der Waals surface area contributed by atoms with Crippen molar-refractivity contribution in [2.45, 2.75) is 26.8 Å². The van der Waals surface area contributed by atoms with Crippen LogP contribution in [0.2, 0.25) is 10.0 Å². The highest BCUT2D eigenvalue weighted by Crippen LogP contribution is 2.43. The largest absolute Gasteiger partial charge is 0.504 e. The van der Waals surface area contributed by atoms with E-state index in [0.717, 1.165) is 0 Å². The van der Waals surface area contributed by atoms with Crippen LogP contribution in [0.4, 0.5) is 18.9 Å². The van der Waals surface area contributed by atoms with Gasteiger partial charge in [-0.25, -0.2) is 18.2 Å². The van der Waals surface area contributed by atoms with Crippen LogP contribution in [0, 0.1) is 34.7 Å². The number of likely N-dealkylation sites (N-methyl/N-ethyl adjacent to an activating group) is 1. The molecule has 9 nitrogen and oxygen atoms in total. The molecule has 0 aliphatic carbocycles. The lowest BCUT2D eigenvalue weighted by Crippen LogP contribution is -2.49. The molecular weight excluding hydrogens is 644 g/mol. The van der Waals surface area contributed by atoms with Gasteiger partial charge in [-0.15, -0.1) is 0 Å². The summed E-state index contributed by atoms with van der Waals surface area (Å²) in [6.45, 7) is 10.2. The number of hydrogen-bond acceptors (Lipinski definition) is 7. The Morgan fingerprint density at radius 1 is 1.17 bits per heavy atom. The molecule has 0 spiro atoms. The van der Waals surface area contributed by atoms with Crippen LogP contribution in [-0.4, -0.2) is 69.6 Å². The summed E-state index contributed by atoms with van der Waals surface area (Å²) < 4.78 is 46.6. The highest BCUT2D eigenvalue weighted by atomic mass is 35.5. The lowest BCUT2D eigenvalue weighted by atomic mass is 9.93. The van der Waals surface area contributed by atoms with Gasteiger partial charge in [0.05, 0.1) is 33.7 Å². The van der Waals surface area contributed by atoms with E-state index in [0.29, 0.717) is 11.3 Å². The molecule has 1 aromatic carbocycles. The van der Waals surface area contributed by atoms with Crippen LogP contribution in [0.1, 0.15) is 26.3 Å². The van der Waals surface area contributed by atoms with Crippen molar-refractivity contribution >= 4 is 51.5 Å². The molecule has 2 aliphatic heterocycles. The van der Waals surface area contributed by atoms with Gasteiger partial charge in [-0.2, -0.15) is 5.26 Å². The molecular formula is C32H29Cl2F3N6O3. The first-order chi connectivity index (χ1) is 21.7. The zero-order valence-corrected chi connectivity index (χ0v) is 26.8. The van der Waals surface area contributed by atoms with Crippen molar-refractivity contribution in [3.63, 3.8) is 0 Å². The third-order valence-corrected chi connectivity index (χ3v) is 8.94. The Morgan fingerprint density at radius 3 is 2.41 bits per heavy atom. The summed E-state index contributed by atoms with van der Waals surface area (Å²) in [6.07, 6.45) is 4.83. The maximum absolute atomic E-state index is 15.4. The Hall–Kier alpha value is -4.47. The minimum atomic E-state index is -1.74. The third kappa shape index (κ3) is 5.17. The highest BCUT2D eigenvalue weighted by molar-refractivity contribution is 6.34. The Balaban J connectivity index is 1.91. The predicted molar refractivity (Wildman–Crippen MR) is 171 cm³/mol. The molecule has 5 rings (SSSR count). The molecule has 0 bridgehead atoms. The number of rotatable bonds is 5. The standard InChI is InChI=1S/C32H29Cl2F3N6O3/c1-6-20(44)41-9-11-42(12-10-41)29-17-13-19(33)26(21-23(35)25(37)22(34)30(45)24(21)36)39-31(17)43(32(46)18(29)14-38)28-16(4)7-8-40(5)27(28)15(2)3/h6-8,13,15,27,45H,1,9-12H2,2-5H3. The first-order valence-electron chi connectivity index (χ1n) is 14.3. The van der Waals surface area contributed by atoms with Crippen molar-refractivity contribution in [1.82, 2.24) is 19.4 Å². The number of piperazine rings is 1. The molecule has 0 radical (unpaired) electrons. The van der Waals surface area contributed by atoms with Gasteiger partial charge < -0.3 is 19.8 Å². The first-order valence-corrected chi connectivity index (χ1v) is 15.0. The topological polar surface area (TPSA) is 106 Å². The number of nitriles is 1. The van der Waals surface area contributed by atoms with E-state index in [1.54, 1.807) is 22.8 Å². The molecule has 1 unspecified atom stereocenters. The Labute approximate surface area is 272 Å². The first kappa shape index (κ1) is 32.9. The number of nitrogens with zero attached hydrogens (tertiary/aromatic N) is 6. The van der Waals surface area contributed by atoms with Gasteiger partial charge in [-0.1, -0.05) is 43.6 Å². The number of aromatic nitrogens is 2. The maximum atomic E-state index is 15.4. The van der Waals surface area contributed by atoms with Gasteiger partial charge in [0.1, 0.15) is 22.3 Å². The lowest BCUT2D eigenvalue weighted by Gasteiger charge is -2.38. The zero-order valence-electron chi connectivity index (χ0n) is 25.3. The number of phenols is 1. The number of pyridine rings is 2. The predicted octanol–water partition coefficient (Wildman–Crippen LogP) is 5.91. The molecule has 4 heterocycles. The van der Waals surface area contributed by atoms with Crippen molar-refractivity contribution in [2.75, 3.05) is 38.1 Å². The number of anilines is 1. The van der Waals surface area contributed by atoms with E-state index in [-0.39, 0.29) is 65.3 Å². The quantitative estimate of drug-likeness (QED) is 0.204. The number of aromatic hydroxyl groups is 1. The van der Waals surface area contributed by atoms with Crippen LogP contribution in [0.15, 0.2) is 41.4 Å². The minimum Gasteiger partial charge on any atom is -0.504 e. The second-order valence-corrected chi connectivity index (χ2v) is 12.2. The monoisotopic (exact) mass is 672 g/mol. The van der Waals surface area contributed by atoms with E-state index in [4.69, 9.17) is 23.2 Å². The van der Waals surface area contributed by atoms with Crippen LogP contribution >= 0.6 is 23.2 Å². The number of carbonyl (C=O) groups is 1. The molecule has 2 aliphatic rings. The number of allylic oxidation sites excluding steroid dienone is 2. The van der Waals surface area contributed by atoms with Crippen LogP contribution in [0.3, 0.4) is 0 Å². The normalized spacial score (nSPS) is 16.9. The van der Waals surface area contributed by atoms with E-state index in [1.807, 2.05) is 38.1 Å². The summed E-state index contributed by atoms with van der Waals surface area (Å²) in [4.78, 5) is 36.4. The van der Waals surface area contributed by atoms with E-state index in [9.17, 15) is 24.3 Å². The summed E-state index contributed by atoms with van der Waals surface area (Å²) >= 11 is 12.2. The van der Waals surface area contributed by atoms with E-state index < -0.39 is 51.1 Å². The molecule has 3 aromatic rings. The fraction of sp³-hybridized carbons (Fsp3) is 0.312. The smallest absolute Gasteiger partial charge is 0.276 e. The van der Waals surface area contributed by atoms with Crippen molar-refractivity contribution in [2.24, 2.45) is 5.92 Å². The molecule has 0 saturated carbocycles. The molecule has 2 aromatic heterocycles. The van der Waals surface area contributed by atoms with Gasteiger partial charge in [0.15, 0.2) is 23.2 Å². The number of halogens is 5. The highest BCUT2D eigenvalue weighted by Gasteiger charge is 2.34. The summed E-state index contributed by atoms with van der Waals surface area (Å²) in [5.74, 6) is -6.72. The average molecular weight is 674 g/mol. The van der Waals surface area contributed by atoms with Crippen LogP contribution < -0.4 is 10.5 Å². The second-order valence-electron chi connectivity index (χ2n) is 11.4. The summed E-state index contributed by atoms with van der Waals surface area (Å²) in [7, 11) is 1.82. The van der Waals surface area contributed by atoms with Gasteiger partial charge in [0.2, 0.25) is 5.91 Å². The van der Waals surface area contributed by atoms with Crippen LogP contribution in [0.5, 0.6) is 5.75 Å². The summed E-state index contributed by atoms with van der Waals surface area (Å²) in [5.41, 5.74) is -1.46. The fourth-order valence-electron chi connectivity index (χ4n) is 6.13. The Morgan fingerprint density at radius 2 is 1.83 bits per heavy atom. The van der Waals surface area contributed by atoms with Gasteiger partial charge in [0.25, 0.3) is 5.56 Å². The van der Waals surface area contributed by atoms with Crippen molar-refractivity contribution in [3.8, 4) is 23.1 Å². The number of benzene rings is 1. The zero-order chi connectivity index (χ0) is 33.8. The lowest BCUT2D eigenvalue weighted by molar-refractivity contribution is -0.126. The number of fused-ring (bicyclic) bond motifs is 1. The summed E-state index contributed by atoms with van der Waals surface area (Å²) in [5, 5.41) is 19.2. The fourth-order valence-corrected chi connectivity index (χ4v) is 6.54.